The Kier molecular flexibility index (Phi) is 4.15. The first kappa shape index (κ1) is 16.7. The zero-order chi connectivity index (χ0) is 17.6. The molecule has 1 aliphatic heterocycles. The van der Waals surface area contributed by atoms with Gasteiger partial charge in [0.15, 0.2) is 0 Å². The number of hydrogen-bond acceptors (Lipinski definition) is 6. The highest BCUT2D eigenvalue weighted by Gasteiger charge is 2.52. The molecule has 2 fully saturated rings. The fourth-order valence-corrected chi connectivity index (χ4v) is 4.70. The molecule has 0 aromatic carbocycles. The van der Waals surface area contributed by atoms with Crippen molar-refractivity contribution in [1.82, 2.24) is 20.4 Å². The molecule has 0 radical (unpaired) electrons. The average Bonchev–Trinajstić information content (AvgIpc) is 3.27. The number of amides is 3. The third-order valence-electron chi connectivity index (χ3n) is 4.92. The summed E-state index contributed by atoms with van der Waals surface area (Å²) in [6, 6.07) is 3.39. The fourth-order valence-electron chi connectivity index (χ4n) is 3.40. The van der Waals surface area contributed by atoms with Crippen molar-refractivity contribution in [2.45, 2.75) is 44.7 Å². The first-order chi connectivity index (χ1) is 12.0. The van der Waals surface area contributed by atoms with Crippen LogP contribution >= 0.6 is 27.3 Å². The average molecular weight is 425 g/mol. The lowest BCUT2D eigenvalue weighted by Gasteiger charge is -2.33. The first-order valence-electron chi connectivity index (χ1n) is 8.19. The number of thiophene rings is 1. The van der Waals surface area contributed by atoms with E-state index >= 15 is 0 Å². The van der Waals surface area contributed by atoms with Gasteiger partial charge in [-0.25, -0.2) is 4.79 Å². The largest absolute Gasteiger partial charge is 0.418 e. The summed E-state index contributed by atoms with van der Waals surface area (Å²) in [5.74, 6) is 1.05. The van der Waals surface area contributed by atoms with Crippen molar-refractivity contribution < 1.29 is 14.0 Å². The summed E-state index contributed by atoms with van der Waals surface area (Å²) >= 11 is 4.87. The lowest BCUT2D eigenvalue weighted by atomic mass is 9.77. The van der Waals surface area contributed by atoms with Crippen LogP contribution in [-0.4, -0.2) is 32.6 Å². The number of carbonyl (C=O) groups excluding carboxylic acids is 2. The van der Waals surface area contributed by atoms with E-state index in [-0.39, 0.29) is 24.4 Å². The SMILES string of the molecule is CC1CCC2(CC1)NC(=O)N(Cc1nnc(-c3ccc(Br)s3)o1)C2=O. The topological polar surface area (TPSA) is 88.3 Å². The van der Waals surface area contributed by atoms with Gasteiger partial charge in [-0.05, 0) is 59.7 Å². The third kappa shape index (κ3) is 2.99. The Morgan fingerprint density at radius 3 is 2.80 bits per heavy atom. The monoisotopic (exact) mass is 424 g/mol. The Labute approximate surface area is 156 Å². The molecular weight excluding hydrogens is 408 g/mol. The molecule has 3 heterocycles. The van der Waals surface area contributed by atoms with E-state index in [0.29, 0.717) is 24.7 Å². The fraction of sp³-hybridized carbons (Fsp3) is 0.500. The standard InChI is InChI=1S/C16H17BrN4O3S/c1-9-4-6-16(7-5-9)14(22)21(15(23)18-16)8-12-19-20-13(24-12)10-2-3-11(17)25-10/h2-3,9H,4-8H2,1H3,(H,18,23). The highest BCUT2D eigenvalue weighted by atomic mass is 79.9. The van der Waals surface area contributed by atoms with Crippen LogP contribution in [0.25, 0.3) is 10.8 Å². The van der Waals surface area contributed by atoms with Crippen LogP contribution in [0.2, 0.25) is 0 Å². The predicted octanol–water partition coefficient (Wildman–Crippen LogP) is 3.56. The maximum Gasteiger partial charge on any atom is 0.325 e. The second kappa shape index (κ2) is 6.21. The van der Waals surface area contributed by atoms with Gasteiger partial charge in [-0.1, -0.05) is 6.92 Å². The van der Waals surface area contributed by atoms with Crippen LogP contribution in [0.4, 0.5) is 4.79 Å². The van der Waals surface area contributed by atoms with Crippen molar-refractivity contribution in [1.29, 1.82) is 0 Å². The van der Waals surface area contributed by atoms with Gasteiger partial charge in [0.25, 0.3) is 11.8 Å². The Bertz CT molecular complexity index is 825. The highest BCUT2D eigenvalue weighted by molar-refractivity contribution is 9.11. The smallest absolute Gasteiger partial charge is 0.325 e. The molecule has 0 unspecified atom stereocenters. The Hall–Kier alpha value is -1.74. The molecule has 25 heavy (non-hydrogen) atoms. The van der Waals surface area contributed by atoms with E-state index in [0.717, 1.165) is 21.5 Å². The second-order valence-electron chi connectivity index (χ2n) is 6.69. The summed E-state index contributed by atoms with van der Waals surface area (Å²) < 4.78 is 6.59. The van der Waals surface area contributed by atoms with Crippen LogP contribution < -0.4 is 5.32 Å². The molecule has 2 aromatic rings. The molecule has 4 rings (SSSR count). The molecule has 1 spiro atoms. The zero-order valence-electron chi connectivity index (χ0n) is 13.6. The van der Waals surface area contributed by atoms with E-state index in [1.54, 1.807) is 0 Å². The first-order valence-corrected chi connectivity index (χ1v) is 9.80. The number of nitrogens with zero attached hydrogens (tertiary/aromatic N) is 3. The molecule has 9 heteroatoms. The second-order valence-corrected chi connectivity index (χ2v) is 9.15. The number of carbonyl (C=O) groups is 2. The molecule has 1 saturated heterocycles. The Morgan fingerprint density at radius 1 is 1.36 bits per heavy atom. The van der Waals surface area contributed by atoms with Crippen molar-refractivity contribution in [3.05, 3.63) is 21.8 Å². The normalized spacial score (nSPS) is 26.5. The van der Waals surface area contributed by atoms with E-state index in [1.165, 1.54) is 16.2 Å². The van der Waals surface area contributed by atoms with Crippen LogP contribution in [-0.2, 0) is 11.3 Å². The van der Waals surface area contributed by atoms with E-state index in [4.69, 9.17) is 4.42 Å². The van der Waals surface area contributed by atoms with Crippen LogP contribution in [0.3, 0.4) is 0 Å². The minimum absolute atomic E-state index is 0.00150. The summed E-state index contributed by atoms with van der Waals surface area (Å²) in [4.78, 5) is 27.2. The minimum atomic E-state index is -0.745. The molecule has 1 aliphatic carbocycles. The van der Waals surface area contributed by atoms with Crippen molar-refractivity contribution in [2.24, 2.45) is 5.92 Å². The molecule has 7 nitrogen and oxygen atoms in total. The summed E-state index contributed by atoms with van der Waals surface area (Å²) in [5, 5.41) is 10.9. The molecule has 1 saturated carbocycles. The van der Waals surface area contributed by atoms with Crippen molar-refractivity contribution in [3.63, 3.8) is 0 Å². The van der Waals surface area contributed by atoms with Gasteiger partial charge >= 0.3 is 6.03 Å². The third-order valence-corrected chi connectivity index (χ3v) is 6.53. The molecule has 0 atom stereocenters. The van der Waals surface area contributed by atoms with E-state index in [9.17, 15) is 9.59 Å². The lowest BCUT2D eigenvalue weighted by Crippen LogP contribution is -2.49. The van der Waals surface area contributed by atoms with Crippen molar-refractivity contribution in [3.8, 4) is 10.8 Å². The van der Waals surface area contributed by atoms with Gasteiger partial charge in [0, 0.05) is 0 Å². The van der Waals surface area contributed by atoms with Crippen molar-refractivity contribution in [2.75, 3.05) is 0 Å². The van der Waals surface area contributed by atoms with Gasteiger partial charge in [-0.3, -0.25) is 9.69 Å². The number of hydrogen-bond donors (Lipinski definition) is 1. The van der Waals surface area contributed by atoms with Crippen LogP contribution in [0.15, 0.2) is 20.3 Å². The van der Waals surface area contributed by atoms with Gasteiger partial charge < -0.3 is 9.73 Å². The summed E-state index contributed by atoms with van der Waals surface area (Å²) in [5.41, 5.74) is -0.745. The maximum atomic E-state index is 12.8. The Morgan fingerprint density at radius 2 is 2.12 bits per heavy atom. The summed E-state index contributed by atoms with van der Waals surface area (Å²) in [7, 11) is 0. The van der Waals surface area contributed by atoms with Gasteiger partial charge in [-0.15, -0.1) is 21.5 Å². The van der Waals surface area contributed by atoms with Gasteiger partial charge in [-0.2, -0.15) is 0 Å². The summed E-state index contributed by atoms with van der Waals surface area (Å²) in [6.45, 7) is 2.18. The number of aromatic nitrogens is 2. The molecule has 2 aromatic heterocycles. The Balaban J connectivity index is 1.50. The molecule has 0 bridgehead atoms. The van der Waals surface area contributed by atoms with Gasteiger partial charge in [0.05, 0.1) is 8.66 Å². The number of rotatable bonds is 3. The molecule has 3 amide bonds. The van der Waals surface area contributed by atoms with Gasteiger partial charge in [0.1, 0.15) is 12.1 Å². The van der Waals surface area contributed by atoms with Gasteiger partial charge in [0.2, 0.25) is 5.89 Å². The maximum absolute atomic E-state index is 12.8. The number of imide groups is 1. The number of halogens is 1. The van der Waals surface area contributed by atoms with Crippen molar-refractivity contribution >= 4 is 39.2 Å². The molecular formula is C16H17BrN4O3S. The molecule has 2 aliphatic rings. The van der Waals surface area contributed by atoms with Crippen LogP contribution in [0.1, 0.15) is 38.5 Å². The lowest BCUT2D eigenvalue weighted by molar-refractivity contribution is -0.133. The predicted molar refractivity (Wildman–Crippen MR) is 94.8 cm³/mol. The van der Waals surface area contributed by atoms with Crippen LogP contribution in [0.5, 0.6) is 0 Å². The summed E-state index contributed by atoms with van der Waals surface area (Å²) in [6.07, 6.45) is 3.26. The minimum Gasteiger partial charge on any atom is -0.418 e. The quantitative estimate of drug-likeness (QED) is 0.760. The zero-order valence-corrected chi connectivity index (χ0v) is 16.0. The van der Waals surface area contributed by atoms with E-state index in [1.807, 2.05) is 12.1 Å². The number of urea groups is 1. The highest BCUT2D eigenvalue weighted by Crippen LogP contribution is 2.37. The molecule has 132 valence electrons. The number of nitrogens with one attached hydrogen (secondary N) is 1. The molecule has 1 N–H and O–H groups in total. The van der Waals surface area contributed by atoms with E-state index < -0.39 is 5.54 Å². The van der Waals surface area contributed by atoms with Crippen LogP contribution in [0, 0.1) is 5.92 Å². The van der Waals surface area contributed by atoms with E-state index in [2.05, 4.69) is 38.4 Å².